The van der Waals surface area contributed by atoms with Crippen LogP contribution in [-0.2, 0) is 15.8 Å². The molecule has 0 aliphatic heterocycles. The van der Waals surface area contributed by atoms with Crippen molar-refractivity contribution in [3.8, 4) is 22.9 Å². The SMILES string of the molecule is Nc1nccc(-c2cccnc2Oc2ccc(NS(=O)(=O)Cc3ccccn3)c(F)c2F)n1. The van der Waals surface area contributed by atoms with Gasteiger partial charge in [0, 0.05) is 18.6 Å². The lowest BCUT2D eigenvalue weighted by atomic mass is 10.2. The Morgan fingerprint density at radius 1 is 0.909 bits per heavy atom. The van der Waals surface area contributed by atoms with Gasteiger partial charge in [0.15, 0.2) is 11.6 Å². The van der Waals surface area contributed by atoms with Crippen molar-refractivity contribution in [2.24, 2.45) is 0 Å². The lowest BCUT2D eigenvalue weighted by Crippen LogP contribution is -2.17. The molecule has 0 saturated heterocycles. The Kier molecular flexibility index (Phi) is 6.09. The van der Waals surface area contributed by atoms with Crippen molar-refractivity contribution in [1.29, 1.82) is 0 Å². The fourth-order valence-electron chi connectivity index (χ4n) is 2.87. The van der Waals surface area contributed by atoms with E-state index in [0.717, 1.165) is 12.1 Å². The minimum Gasteiger partial charge on any atom is -0.435 e. The van der Waals surface area contributed by atoms with E-state index < -0.39 is 38.8 Å². The Morgan fingerprint density at radius 3 is 2.48 bits per heavy atom. The van der Waals surface area contributed by atoms with Crippen LogP contribution in [0.2, 0.25) is 0 Å². The minimum absolute atomic E-state index is 0.0156. The second-order valence-corrected chi connectivity index (χ2v) is 8.40. The van der Waals surface area contributed by atoms with Gasteiger partial charge >= 0.3 is 0 Å². The largest absolute Gasteiger partial charge is 0.435 e. The van der Waals surface area contributed by atoms with E-state index in [1.54, 1.807) is 30.3 Å². The summed E-state index contributed by atoms with van der Waals surface area (Å²) in [6, 6.07) is 11.7. The number of nitrogen functional groups attached to an aromatic ring is 1. The Balaban J connectivity index is 1.59. The van der Waals surface area contributed by atoms with E-state index in [4.69, 9.17) is 10.5 Å². The molecular weight excluding hydrogens is 454 g/mol. The van der Waals surface area contributed by atoms with Crippen LogP contribution in [0.15, 0.2) is 67.1 Å². The summed E-state index contributed by atoms with van der Waals surface area (Å²) < 4.78 is 61.6. The smallest absolute Gasteiger partial charge is 0.238 e. The van der Waals surface area contributed by atoms with Gasteiger partial charge in [-0.05, 0) is 42.5 Å². The summed E-state index contributed by atoms with van der Waals surface area (Å²) in [6.45, 7) is 0. The Labute approximate surface area is 187 Å². The van der Waals surface area contributed by atoms with Crippen LogP contribution in [0.3, 0.4) is 0 Å². The van der Waals surface area contributed by atoms with E-state index in [0.29, 0.717) is 11.3 Å². The summed E-state index contributed by atoms with van der Waals surface area (Å²) in [7, 11) is -4.04. The van der Waals surface area contributed by atoms with Crippen LogP contribution in [0.25, 0.3) is 11.3 Å². The molecule has 4 rings (SSSR count). The van der Waals surface area contributed by atoms with Gasteiger partial charge in [-0.25, -0.2) is 27.8 Å². The quantitative estimate of drug-likeness (QED) is 0.419. The normalized spacial score (nSPS) is 11.2. The fraction of sp³-hybridized carbons (Fsp3) is 0.0476. The molecule has 33 heavy (non-hydrogen) atoms. The monoisotopic (exact) mass is 470 g/mol. The molecule has 0 spiro atoms. The molecule has 12 heteroatoms. The van der Waals surface area contributed by atoms with Crippen LogP contribution in [0.5, 0.6) is 11.6 Å². The number of rotatable bonds is 7. The molecule has 3 aromatic heterocycles. The lowest BCUT2D eigenvalue weighted by molar-refractivity contribution is 0.407. The van der Waals surface area contributed by atoms with Crippen LogP contribution >= 0.6 is 0 Å². The first kappa shape index (κ1) is 22.0. The highest BCUT2D eigenvalue weighted by molar-refractivity contribution is 7.91. The maximum absolute atomic E-state index is 14.7. The number of hydrogen-bond donors (Lipinski definition) is 2. The van der Waals surface area contributed by atoms with Gasteiger partial charge < -0.3 is 10.5 Å². The van der Waals surface area contributed by atoms with Gasteiger partial charge in [-0.3, -0.25) is 9.71 Å². The van der Waals surface area contributed by atoms with E-state index in [-0.39, 0.29) is 17.5 Å². The molecule has 0 aliphatic rings. The molecule has 3 heterocycles. The number of hydrogen-bond acceptors (Lipinski definition) is 8. The molecule has 0 fully saturated rings. The Hall–Kier alpha value is -4.19. The number of nitrogens with one attached hydrogen (secondary N) is 1. The van der Waals surface area contributed by atoms with Gasteiger partial charge in [0.25, 0.3) is 0 Å². The van der Waals surface area contributed by atoms with Crippen molar-refractivity contribution in [3.05, 3.63) is 84.4 Å². The molecule has 3 N–H and O–H groups in total. The van der Waals surface area contributed by atoms with Crippen molar-refractivity contribution < 1.29 is 21.9 Å². The number of anilines is 2. The molecule has 9 nitrogen and oxygen atoms in total. The molecule has 0 radical (unpaired) electrons. The van der Waals surface area contributed by atoms with Gasteiger partial charge in [-0.2, -0.15) is 4.39 Å². The molecule has 4 aromatic rings. The highest BCUT2D eigenvalue weighted by Gasteiger charge is 2.21. The van der Waals surface area contributed by atoms with E-state index in [1.807, 2.05) is 4.72 Å². The first-order valence-corrected chi connectivity index (χ1v) is 11.1. The average Bonchev–Trinajstić information content (AvgIpc) is 2.79. The van der Waals surface area contributed by atoms with Gasteiger partial charge in [0.05, 0.1) is 22.6 Å². The number of ether oxygens (including phenoxy) is 1. The standard InChI is InChI=1S/C21H16F2N6O3S/c22-18-16(29-33(30,31)12-13-4-1-2-9-25-13)6-7-17(19(18)23)32-20-14(5-3-10-26-20)15-8-11-27-21(24)28-15/h1-11,29H,12H2,(H2,24,27,28). The number of pyridine rings is 2. The number of nitrogens with zero attached hydrogens (tertiary/aromatic N) is 4. The first-order valence-electron chi connectivity index (χ1n) is 9.42. The summed E-state index contributed by atoms with van der Waals surface area (Å²) in [6.07, 6.45) is 4.26. The zero-order valence-electron chi connectivity index (χ0n) is 16.8. The van der Waals surface area contributed by atoms with Crippen molar-refractivity contribution in [3.63, 3.8) is 0 Å². The maximum atomic E-state index is 14.7. The van der Waals surface area contributed by atoms with Crippen LogP contribution in [0.4, 0.5) is 20.4 Å². The van der Waals surface area contributed by atoms with Gasteiger partial charge in [-0.15, -0.1) is 0 Å². The second-order valence-electron chi connectivity index (χ2n) is 6.68. The third-order valence-corrected chi connectivity index (χ3v) is 5.51. The van der Waals surface area contributed by atoms with Crippen molar-refractivity contribution in [2.45, 2.75) is 5.75 Å². The molecule has 0 aliphatic carbocycles. The second kappa shape index (κ2) is 9.12. The van der Waals surface area contributed by atoms with E-state index in [2.05, 4.69) is 19.9 Å². The zero-order valence-corrected chi connectivity index (χ0v) is 17.6. The predicted molar refractivity (Wildman–Crippen MR) is 117 cm³/mol. The minimum atomic E-state index is -4.04. The third-order valence-electron chi connectivity index (χ3n) is 4.30. The van der Waals surface area contributed by atoms with Gasteiger partial charge in [0.1, 0.15) is 5.75 Å². The van der Waals surface area contributed by atoms with Crippen LogP contribution in [-0.4, -0.2) is 28.4 Å². The lowest BCUT2D eigenvalue weighted by Gasteiger charge is -2.13. The highest BCUT2D eigenvalue weighted by atomic mass is 32.2. The first-order chi connectivity index (χ1) is 15.8. The van der Waals surface area contributed by atoms with Crippen LogP contribution in [0, 0.1) is 11.6 Å². The number of halogens is 2. The number of benzene rings is 1. The Bertz CT molecular complexity index is 1400. The Morgan fingerprint density at radius 2 is 1.73 bits per heavy atom. The van der Waals surface area contributed by atoms with Crippen molar-refractivity contribution in [1.82, 2.24) is 19.9 Å². The molecule has 168 valence electrons. The molecule has 0 unspecified atom stereocenters. The molecular formula is C21H16F2N6O3S. The number of nitrogens with two attached hydrogens (primary N) is 1. The molecule has 0 atom stereocenters. The molecule has 0 saturated carbocycles. The predicted octanol–water partition coefficient (Wildman–Crippen LogP) is 3.53. The highest BCUT2D eigenvalue weighted by Crippen LogP contribution is 2.34. The molecule has 1 aromatic carbocycles. The topological polar surface area (TPSA) is 133 Å². The van der Waals surface area contributed by atoms with Crippen molar-refractivity contribution in [2.75, 3.05) is 10.5 Å². The number of aromatic nitrogens is 4. The molecule has 0 bridgehead atoms. The van der Waals surface area contributed by atoms with Gasteiger partial charge in [0.2, 0.25) is 27.7 Å². The number of sulfonamides is 1. The maximum Gasteiger partial charge on any atom is 0.238 e. The van der Waals surface area contributed by atoms with E-state index >= 15 is 0 Å². The summed E-state index contributed by atoms with van der Waals surface area (Å²) >= 11 is 0. The average molecular weight is 470 g/mol. The third kappa shape index (κ3) is 5.18. The fourth-order valence-corrected chi connectivity index (χ4v) is 3.99. The molecule has 0 amide bonds. The van der Waals surface area contributed by atoms with Gasteiger partial charge in [-0.1, -0.05) is 6.07 Å². The summed E-state index contributed by atoms with van der Waals surface area (Å²) in [4.78, 5) is 15.8. The van der Waals surface area contributed by atoms with Crippen LogP contribution < -0.4 is 15.2 Å². The van der Waals surface area contributed by atoms with E-state index in [1.165, 1.54) is 24.7 Å². The van der Waals surface area contributed by atoms with Crippen LogP contribution in [0.1, 0.15) is 5.69 Å². The summed E-state index contributed by atoms with van der Waals surface area (Å²) in [5, 5.41) is 0. The zero-order chi connectivity index (χ0) is 23.4. The van der Waals surface area contributed by atoms with E-state index in [9.17, 15) is 17.2 Å². The summed E-state index contributed by atoms with van der Waals surface area (Å²) in [5.41, 5.74) is 6.02. The summed E-state index contributed by atoms with van der Waals surface area (Å²) in [5.74, 6) is -3.87. The van der Waals surface area contributed by atoms with Crippen molar-refractivity contribution >= 4 is 21.7 Å².